The van der Waals surface area contributed by atoms with Gasteiger partial charge in [-0.2, -0.15) is 0 Å². The van der Waals surface area contributed by atoms with Crippen LogP contribution in [-0.2, 0) is 6.54 Å². The van der Waals surface area contributed by atoms with Crippen molar-refractivity contribution in [2.24, 2.45) is 0 Å². The molecule has 0 radical (unpaired) electrons. The van der Waals surface area contributed by atoms with Crippen LogP contribution < -0.4 is 14.8 Å². The number of furan rings is 1. The number of methoxy groups -OCH3 is 1. The number of fused-ring (bicyclic) bond motifs is 1. The molecule has 0 saturated carbocycles. The largest absolute Gasteiger partial charge is 0.493 e. The number of aromatic nitrogens is 2. The molecule has 5 rings (SSSR count). The maximum absolute atomic E-state index is 12.3. The van der Waals surface area contributed by atoms with Crippen molar-refractivity contribution >= 4 is 17.4 Å². The van der Waals surface area contributed by atoms with Gasteiger partial charge in [0, 0.05) is 18.3 Å². The SMILES string of the molecule is COc1cc(-c2nc3cc(C)ccn3c2NCc2ccccc2)ccc1OC(=O)c1ccco1. The van der Waals surface area contributed by atoms with Crippen LogP contribution in [0.25, 0.3) is 16.9 Å². The van der Waals surface area contributed by atoms with Gasteiger partial charge in [0.05, 0.1) is 13.4 Å². The van der Waals surface area contributed by atoms with Gasteiger partial charge in [0.1, 0.15) is 17.2 Å². The van der Waals surface area contributed by atoms with Gasteiger partial charge in [-0.1, -0.05) is 30.3 Å². The molecular weight excluding hydrogens is 430 g/mol. The zero-order chi connectivity index (χ0) is 23.5. The van der Waals surface area contributed by atoms with Crippen LogP contribution in [0.15, 0.2) is 89.7 Å². The molecule has 7 nitrogen and oxygen atoms in total. The molecule has 0 unspecified atom stereocenters. The van der Waals surface area contributed by atoms with Crippen LogP contribution in [0.2, 0.25) is 0 Å². The number of anilines is 1. The normalized spacial score (nSPS) is 10.9. The molecule has 34 heavy (non-hydrogen) atoms. The van der Waals surface area contributed by atoms with Gasteiger partial charge in [-0.15, -0.1) is 0 Å². The van der Waals surface area contributed by atoms with Crippen molar-refractivity contribution in [2.75, 3.05) is 12.4 Å². The molecule has 0 aliphatic carbocycles. The first-order valence-electron chi connectivity index (χ1n) is 10.8. The summed E-state index contributed by atoms with van der Waals surface area (Å²) in [5.74, 6) is 1.10. The maximum Gasteiger partial charge on any atom is 0.379 e. The molecule has 5 aromatic rings. The summed E-state index contributed by atoms with van der Waals surface area (Å²) >= 11 is 0. The first kappa shape index (κ1) is 21.3. The zero-order valence-corrected chi connectivity index (χ0v) is 18.8. The molecule has 0 amide bonds. The van der Waals surface area contributed by atoms with Crippen molar-refractivity contribution in [2.45, 2.75) is 13.5 Å². The lowest BCUT2D eigenvalue weighted by Gasteiger charge is -2.12. The van der Waals surface area contributed by atoms with Crippen molar-refractivity contribution in [3.63, 3.8) is 0 Å². The molecule has 0 atom stereocenters. The van der Waals surface area contributed by atoms with Gasteiger partial charge >= 0.3 is 5.97 Å². The van der Waals surface area contributed by atoms with E-state index in [-0.39, 0.29) is 5.76 Å². The predicted octanol–water partition coefficient (Wildman–Crippen LogP) is 5.74. The van der Waals surface area contributed by atoms with Crippen LogP contribution in [-0.4, -0.2) is 22.5 Å². The molecule has 2 aromatic carbocycles. The fourth-order valence-electron chi connectivity index (χ4n) is 3.74. The van der Waals surface area contributed by atoms with E-state index in [2.05, 4.69) is 17.4 Å². The number of carbonyl (C=O) groups excluding carboxylic acids is 1. The third-order valence-corrected chi connectivity index (χ3v) is 5.45. The number of hydrogen-bond donors (Lipinski definition) is 1. The van der Waals surface area contributed by atoms with Gasteiger partial charge in [0.2, 0.25) is 5.76 Å². The highest BCUT2D eigenvalue weighted by molar-refractivity contribution is 5.88. The fourth-order valence-corrected chi connectivity index (χ4v) is 3.74. The Labute approximate surface area is 196 Å². The van der Waals surface area contributed by atoms with Crippen LogP contribution in [0, 0.1) is 6.92 Å². The summed E-state index contributed by atoms with van der Waals surface area (Å²) < 4.78 is 18.2. The lowest BCUT2D eigenvalue weighted by Crippen LogP contribution is -2.08. The van der Waals surface area contributed by atoms with Crippen LogP contribution in [0.1, 0.15) is 21.7 Å². The summed E-state index contributed by atoms with van der Waals surface area (Å²) in [6.07, 6.45) is 3.43. The first-order valence-corrected chi connectivity index (χ1v) is 10.8. The number of benzene rings is 2. The van der Waals surface area contributed by atoms with E-state index in [0.29, 0.717) is 18.0 Å². The lowest BCUT2D eigenvalue weighted by atomic mass is 10.1. The topological polar surface area (TPSA) is 78.0 Å². The standard InChI is InChI=1S/C27H23N3O4/c1-18-12-13-30-24(15-18)29-25(26(30)28-17-19-7-4-3-5-8-19)20-10-11-21(23(16-20)32-2)34-27(31)22-9-6-14-33-22/h3-16,28H,17H2,1-2H3. The molecule has 3 heterocycles. The highest BCUT2D eigenvalue weighted by atomic mass is 16.6. The van der Waals surface area contributed by atoms with Crippen LogP contribution >= 0.6 is 0 Å². The number of ether oxygens (including phenoxy) is 2. The van der Waals surface area contributed by atoms with E-state index >= 15 is 0 Å². The molecular formula is C27H23N3O4. The summed E-state index contributed by atoms with van der Waals surface area (Å²) in [4.78, 5) is 17.2. The monoisotopic (exact) mass is 453 g/mol. The number of nitrogens with zero attached hydrogens (tertiary/aromatic N) is 2. The molecule has 7 heteroatoms. The Hall–Kier alpha value is -4.52. The maximum atomic E-state index is 12.3. The smallest absolute Gasteiger partial charge is 0.379 e. The summed E-state index contributed by atoms with van der Waals surface area (Å²) in [5, 5.41) is 3.54. The number of imidazole rings is 1. The Morgan fingerprint density at radius 1 is 1.03 bits per heavy atom. The fraction of sp³-hybridized carbons (Fsp3) is 0.111. The summed E-state index contributed by atoms with van der Waals surface area (Å²) in [6.45, 7) is 2.68. The third kappa shape index (κ3) is 4.23. The molecule has 0 fully saturated rings. The van der Waals surface area contributed by atoms with Crippen molar-refractivity contribution in [3.8, 4) is 22.8 Å². The number of aryl methyl sites for hydroxylation is 1. The number of nitrogens with one attached hydrogen (secondary N) is 1. The lowest BCUT2D eigenvalue weighted by molar-refractivity contribution is 0.0696. The highest BCUT2D eigenvalue weighted by Gasteiger charge is 2.19. The van der Waals surface area contributed by atoms with E-state index in [1.165, 1.54) is 13.4 Å². The molecule has 0 aliphatic rings. The van der Waals surface area contributed by atoms with Gasteiger partial charge in [-0.3, -0.25) is 4.40 Å². The number of esters is 1. The van der Waals surface area contributed by atoms with E-state index in [1.54, 1.807) is 18.2 Å². The molecule has 0 aliphatic heterocycles. The van der Waals surface area contributed by atoms with E-state index in [4.69, 9.17) is 18.9 Å². The summed E-state index contributed by atoms with van der Waals surface area (Å²) in [5.41, 5.74) is 4.71. The number of hydrogen-bond acceptors (Lipinski definition) is 6. The minimum atomic E-state index is -0.593. The van der Waals surface area contributed by atoms with E-state index in [9.17, 15) is 4.79 Å². The molecule has 0 bridgehead atoms. The molecule has 0 spiro atoms. The van der Waals surface area contributed by atoms with Crippen molar-refractivity contribution in [1.82, 2.24) is 9.38 Å². The Morgan fingerprint density at radius 2 is 1.88 bits per heavy atom. The van der Waals surface area contributed by atoms with E-state index in [1.807, 2.05) is 60.0 Å². The minimum absolute atomic E-state index is 0.120. The second-order valence-corrected chi connectivity index (χ2v) is 7.81. The summed E-state index contributed by atoms with van der Waals surface area (Å²) in [6, 6.07) is 22.8. The first-order chi connectivity index (χ1) is 16.6. The van der Waals surface area contributed by atoms with Gasteiger partial charge in [0.15, 0.2) is 11.5 Å². The van der Waals surface area contributed by atoms with Crippen molar-refractivity contribution in [1.29, 1.82) is 0 Å². The second kappa shape index (κ2) is 9.15. The Bertz CT molecular complexity index is 1440. The average molecular weight is 453 g/mol. The van der Waals surface area contributed by atoms with E-state index in [0.717, 1.165) is 33.8 Å². The van der Waals surface area contributed by atoms with Crippen LogP contribution in [0.4, 0.5) is 5.82 Å². The molecule has 0 saturated heterocycles. The van der Waals surface area contributed by atoms with Crippen LogP contribution in [0.3, 0.4) is 0 Å². The number of rotatable bonds is 7. The van der Waals surface area contributed by atoms with Gasteiger partial charge in [0.25, 0.3) is 0 Å². The minimum Gasteiger partial charge on any atom is -0.493 e. The highest BCUT2D eigenvalue weighted by Crippen LogP contribution is 2.36. The van der Waals surface area contributed by atoms with Crippen molar-refractivity contribution in [3.05, 3.63) is 102 Å². The molecule has 3 aromatic heterocycles. The van der Waals surface area contributed by atoms with E-state index < -0.39 is 5.97 Å². The second-order valence-electron chi connectivity index (χ2n) is 7.81. The Morgan fingerprint density at radius 3 is 2.65 bits per heavy atom. The van der Waals surface area contributed by atoms with Gasteiger partial charge < -0.3 is 19.2 Å². The van der Waals surface area contributed by atoms with Gasteiger partial charge in [-0.25, -0.2) is 9.78 Å². The average Bonchev–Trinajstić information content (AvgIpc) is 3.52. The van der Waals surface area contributed by atoms with Gasteiger partial charge in [-0.05, 0) is 60.5 Å². The Balaban J connectivity index is 1.51. The molecule has 170 valence electrons. The van der Waals surface area contributed by atoms with Crippen molar-refractivity contribution < 1.29 is 18.7 Å². The van der Waals surface area contributed by atoms with Crippen LogP contribution in [0.5, 0.6) is 11.5 Å². The quantitative estimate of drug-likeness (QED) is 0.250. The third-order valence-electron chi connectivity index (χ3n) is 5.45. The molecule has 1 N–H and O–H groups in total. The zero-order valence-electron chi connectivity index (χ0n) is 18.8. The number of carbonyl (C=O) groups is 1. The number of pyridine rings is 1. The predicted molar refractivity (Wildman–Crippen MR) is 129 cm³/mol. The Kier molecular flexibility index (Phi) is 5.74. The summed E-state index contributed by atoms with van der Waals surface area (Å²) in [7, 11) is 1.53.